The van der Waals surface area contributed by atoms with E-state index in [1.165, 1.54) is 6.92 Å². The third kappa shape index (κ3) is 25.8. The first kappa shape index (κ1) is 55.6. The Kier molecular flexibility index (Phi) is 29.6. The van der Waals surface area contributed by atoms with Crippen LogP contribution in [0.1, 0.15) is 90.4 Å². The number of nitrogens with two attached hydrogens (primary N) is 8. The number of carbonyl (C=O) groups excluding carboxylic acids is 6. The van der Waals surface area contributed by atoms with E-state index in [2.05, 4.69) is 41.9 Å². The predicted molar refractivity (Wildman–Crippen MR) is 228 cm³/mol. The zero-order chi connectivity index (χ0) is 46.3. The van der Waals surface area contributed by atoms with Gasteiger partial charge in [-0.3, -0.25) is 38.8 Å². The van der Waals surface area contributed by atoms with Gasteiger partial charge in [0.25, 0.3) is 0 Å². The number of nitrogens with zero attached hydrogens (tertiary/aromatic N) is 2. The molecule has 0 bridgehead atoms. The molecule has 6 amide bonds. The summed E-state index contributed by atoms with van der Waals surface area (Å²) in [6.07, 6.45) is 2.41. The first-order valence-electron chi connectivity index (χ1n) is 20.5. The van der Waals surface area contributed by atoms with E-state index in [-0.39, 0.29) is 76.6 Å². The highest BCUT2D eigenvalue weighted by atomic mass is 16.4. The van der Waals surface area contributed by atoms with Gasteiger partial charge in [0.05, 0.1) is 18.7 Å². The smallest absolute Gasteiger partial charge is 0.326 e. The van der Waals surface area contributed by atoms with Crippen molar-refractivity contribution in [2.75, 3.05) is 39.3 Å². The summed E-state index contributed by atoms with van der Waals surface area (Å²) in [5, 5.41) is 34.9. The topological polar surface area (TPSA) is 465 Å². The van der Waals surface area contributed by atoms with Crippen LogP contribution >= 0.6 is 0 Å². The van der Waals surface area contributed by atoms with E-state index < -0.39 is 90.3 Å². The van der Waals surface area contributed by atoms with Crippen molar-refractivity contribution < 1.29 is 43.8 Å². The van der Waals surface area contributed by atoms with Crippen LogP contribution in [0.4, 0.5) is 0 Å². The molecule has 350 valence electrons. The van der Waals surface area contributed by atoms with Crippen LogP contribution in [0.15, 0.2) is 9.98 Å². The molecule has 24 N–H and O–H groups in total. The second kappa shape index (κ2) is 32.4. The lowest BCUT2D eigenvalue weighted by molar-refractivity contribution is -0.142. The standard InChI is InChI=1S/C36H72N16O9/c1-21(53)28(52-29(55)22(40)10-2-5-15-37)33(59)47-20-27(54)48-23(11-3-6-16-38)30(56)50-25(13-8-18-45-35(41)42)31(57)49-24(12-4-7-17-39)32(58)51-26(34(60)61)14-9-19-46-36(43)44/h21-26,28,53H,2-20,37-40H2,1H3,(H,47,59)(H,48,54)(H,49,57)(H,50,56)(H,51,58)(H,52,55)(H,60,61)(H4,41,42,45)(H4,43,44,46)/t21-,22+,23+,24+,25+,26+,28+/m1/s1. The zero-order valence-electron chi connectivity index (χ0n) is 35.2. The Morgan fingerprint density at radius 2 is 0.918 bits per heavy atom. The highest BCUT2D eigenvalue weighted by Gasteiger charge is 2.32. The van der Waals surface area contributed by atoms with Crippen molar-refractivity contribution in [3.8, 4) is 0 Å². The number of aliphatic hydroxyl groups is 1. The fraction of sp³-hybridized carbons (Fsp3) is 0.750. The highest BCUT2D eigenvalue weighted by Crippen LogP contribution is 2.09. The molecule has 0 heterocycles. The molecule has 0 aromatic carbocycles. The van der Waals surface area contributed by atoms with Gasteiger partial charge in [0.15, 0.2) is 11.9 Å². The van der Waals surface area contributed by atoms with Crippen molar-refractivity contribution in [3.63, 3.8) is 0 Å². The molecule has 0 saturated heterocycles. The molecule has 0 saturated carbocycles. The number of carbonyl (C=O) groups is 7. The molecule has 0 rings (SSSR count). The summed E-state index contributed by atoms with van der Waals surface area (Å²) < 4.78 is 0. The summed E-state index contributed by atoms with van der Waals surface area (Å²) in [7, 11) is 0. The first-order valence-corrected chi connectivity index (χ1v) is 20.5. The minimum atomic E-state index is -1.45. The molecule has 0 radical (unpaired) electrons. The van der Waals surface area contributed by atoms with Gasteiger partial charge in [-0.2, -0.15) is 0 Å². The van der Waals surface area contributed by atoms with Gasteiger partial charge in [0.1, 0.15) is 30.2 Å². The van der Waals surface area contributed by atoms with Gasteiger partial charge in [0.2, 0.25) is 35.4 Å². The molecule has 25 nitrogen and oxygen atoms in total. The summed E-state index contributed by atoms with van der Waals surface area (Å²) >= 11 is 0. The molecule has 61 heavy (non-hydrogen) atoms. The predicted octanol–water partition coefficient (Wildman–Crippen LogP) is -6.19. The minimum Gasteiger partial charge on any atom is -0.480 e. The molecular formula is C36H72N16O9. The van der Waals surface area contributed by atoms with Crippen LogP contribution < -0.4 is 77.8 Å². The van der Waals surface area contributed by atoms with Gasteiger partial charge in [-0.25, -0.2) is 4.79 Å². The fourth-order valence-corrected chi connectivity index (χ4v) is 5.70. The zero-order valence-corrected chi connectivity index (χ0v) is 35.2. The second-order valence-electron chi connectivity index (χ2n) is 14.4. The van der Waals surface area contributed by atoms with Crippen LogP contribution in [0, 0.1) is 0 Å². The van der Waals surface area contributed by atoms with E-state index in [4.69, 9.17) is 45.9 Å². The maximum Gasteiger partial charge on any atom is 0.326 e. The van der Waals surface area contributed by atoms with Crippen molar-refractivity contribution in [2.45, 2.75) is 133 Å². The lowest BCUT2D eigenvalue weighted by atomic mass is 10.0. The van der Waals surface area contributed by atoms with Crippen LogP contribution in [0.25, 0.3) is 0 Å². The lowest BCUT2D eigenvalue weighted by Gasteiger charge is -2.26. The molecule has 0 aliphatic carbocycles. The van der Waals surface area contributed by atoms with E-state index >= 15 is 0 Å². The maximum absolute atomic E-state index is 13.8. The Morgan fingerprint density at radius 1 is 0.525 bits per heavy atom. The minimum absolute atomic E-state index is 0.0197. The van der Waals surface area contributed by atoms with E-state index in [1.807, 2.05) is 0 Å². The largest absolute Gasteiger partial charge is 0.480 e. The molecule has 25 heteroatoms. The average molecular weight is 873 g/mol. The Hall–Kier alpha value is -5.37. The fourth-order valence-electron chi connectivity index (χ4n) is 5.70. The molecule has 7 atom stereocenters. The molecule has 0 spiro atoms. The number of aliphatic imine (C=N–C) groups is 2. The quantitative estimate of drug-likeness (QED) is 0.0162. The number of hydrogen-bond donors (Lipinski definition) is 16. The number of rotatable bonds is 34. The van der Waals surface area contributed by atoms with Gasteiger partial charge in [-0.1, -0.05) is 6.42 Å². The first-order chi connectivity index (χ1) is 28.9. The van der Waals surface area contributed by atoms with Gasteiger partial charge < -0.3 is 88.0 Å². The molecule has 0 aromatic heterocycles. The van der Waals surface area contributed by atoms with Crippen molar-refractivity contribution in [2.24, 2.45) is 55.9 Å². The molecule has 0 aromatic rings. The van der Waals surface area contributed by atoms with Crippen LogP contribution in [0.2, 0.25) is 0 Å². The number of carboxylic acid groups (broad SMARTS) is 1. The molecular weight excluding hydrogens is 800 g/mol. The van der Waals surface area contributed by atoms with E-state index in [0.717, 1.165) is 0 Å². The van der Waals surface area contributed by atoms with Crippen LogP contribution in [-0.4, -0.2) is 145 Å². The molecule has 0 unspecified atom stereocenters. The van der Waals surface area contributed by atoms with Crippen LogP contribution in [0.3, 0.4) is 0 Å². The van der Waals surface area contributed by atoms with Gasteiger partial charge >= 0.3 is 5.97 Å². The van der Waals surface area contributed by atoms with Gasteiger partial charge in [-0.15, -0.1) is 0 Å². The lowest BCUT2D eigenvalue weighted by Crippen LogP contribution is -2.58. The van der Waals surface area contributed by atoms with E-state index in [0.29, 0.717) is 51.5 Å². The van der Waals surface area contributed by atoms with Crippen molar-refractivity contribution >= 4 is 53.3 Å². The summed E-state index contributed by atoms with van der Waals surface area (Å²) in [6.45, 7) is 1.80. The van der Waals surface area contributed by atoms with Crippen molar-refractivity contribution in [1.29, 1.82) is 0 Å². The van der Waals surface area contributed by atoms with Gasteiger partial charge in [0, 0.05) is 13.1 Å². The number of carboxylic acids is 1. The highest BCUT2D eigenvalue weighted by molar-refractivity contribution is 5.96. The van der Waals surface area contributed by atoms with E-state index in [9.17, 15) is 43.8 Å². The summed E-state index contributed by atoms with van der Waals surface area (Å²) in [5.41, 5.74) is 44.2. The Bertz CT molecular complexity index is 1430. The second-order valence-corrected chi connectivity index (χ2v) is 14.4. The SMILES string of the molecule is C[C@@H](O)[C@H](NC(=O)[C@@H](N)CCCCN)C(=O)NCC(=O)N[C@@H](CCCCN)C(=O)N[C@@H](CCCN=C(N)N)C(=O)N[C@@H](CCCCN)C(=O)N[C@@H](CCCN=C(N)N)C(=O)O. The summed E-state index contributed by atoms with van der Waals surface area (Å²) in [5.74, 6) is -6.45. The number of hydrogen-bond acceptors (Lipinski definition) is 14. The van der Waals surface area contributed by atoms with Crippen molar-refractivity contribution in [1.82, 2.24) is 31.9 Å². The average Bonchev–Trinajstić information content (AvgIpc) is 3.19. The molecule has 0 fully saturated rings. The Morgan fingerprint density at radius 3 is 1.33 bits per heavy atom. The van der Waals surface area contributed by atoms with Crippen LogP contribution in [0.5, 0.6) is 0 Å². The monoisotopic (exact) mass is 873 g/mol. The summed E-state index contributed by atoms with van der Waals surface area (Å²) in [6, 6.07) is -7.51. The third-order valence-electron chi connectivity index (χ3n) is 9.11. The third-order valence-corrected chi connectivity index (χ3v) is 9.11. The Labute approximate surface area is 356 Å². The van der Waals surface area contributed by atoms with Gasteiger partial charge in [-0.05, 0) is 104 Å². The van der Waals surface area contributed by atoms with E-state index in [1.54, 1.807) is 0 Å². The Balaban J connectivity index is 6.14. The normalized spacial score (nSPS) is 14.3. The number of aliphatic hydroxyl groups excluding tert-OH is 1. The van der Waals surface area contributed by atoms with Crippen LogP contribution in [-0.2, 0) is 33.6 Å². The number of amides is 6. The van der Waals surface area contributed by atoms with Crippen molar-refractivity contribution in [3.05, 3.63) is 0 Å². The summed E-state index contributed by atoms with van der Waals surface area (Å²) in [4.78, 5) is 99.4. The number of nitrogens with one attached hydrogen (secondary N) is 6. The number of guanidine groups is 2. The number of unbranched alkanes of at least 4 members (excludes halogenated alkanes) is 3. The molecule has 0 aliphatic rings. The maximum atomic E-state index is 13.8. The number of aliphatic carboxylic acids is 1. The molecule has 0 aliphatic heterocycles.